The Labute approximate surface area is 113 Å². The number of H-pyrrole nitrogens is 1. The molecule has 0 aliphatic rings. The highest BCUT2D eigenvalue weighted by molar-refractivity contribution is 5.89. The van der Waals surface area contributed by atoms with Crippen molar-refractivity contribution in [3.63, 3.8) is 0 Å². The van der Waals surface area contributed by atoms with E-state index in [1.54, 1.807) is 0 Å². The summed E-state index contributed by atoms with van der Waals surface area (Å²) in [5.74, 6) is 0.873. The number of nitrogens with one attached hydrogen (secondary N) is 2. The molecule has 2 N–H and O–H groups in total. The first kappa shape index (κ1) is 13.5. The Morgan fingerprint density at radius 3 is 2.89 bits per heavy atom. The molecule has 4 nitrogen and oxygen atoms in total. The summed E-state index contributed by atoms with van der Waals surface area (Å²) < 4.78 is 5.49. The second-order valence-electron chi connectivity index (χ2n) is 4.85. The van der Waals surface area contributed by atoms with Crippen LogP contribution in [0.2, 0.25) is 0 Å². The third kappa shape index (κ3) is 3.28. The predicted molar refractivity (Wildman–Crippen MR) is 76.5 cm³/mol. The number of ether oxygens (including phenoxy) is 1. The molecule has 0 bridgehead atoms. The number of aromatic nitrogens is 1. The van der Waals surface area contributed by atoms with Crippen molar-refractivity contribution >= 4 is 16.8 Å². The lowest BCUT2D eigenvalue weighted by Gasteiger charge is -2.08. The largest absolute Gasteiger partial charge is 0.494 e. The van der Waals surface area contributed by atoms with E-state index in [0.717, 1.165) is 22.2 Å². The number of amides is 1. The van der Waals surface area contributed by atoms with Gasteiger partial charge in [-0.1, -0.05) is 0 Å². The van der Waals surface area contributed by atoms with Gasteiger partial charge in [-0.3, -0.25) is 4.79 Å². The van der Waals surface area contributed by atoms with E-state index < -0.39 is 0 Å². The number of rotatable bonds is 5. The Balaban J connectivity index is 2.23. The van der Waals surface area contributed by atoms with Gasteiger partial charge in [-0.15, -0.1) is 0 Å². The molecule has 0 aliphatic carbocycles. The van der Waals surface area contributed by atoms with Crippen LogP contribution in [0.15, 0.2) is 24.4 Å². The Bertz CT molecular complexity index is 573. The van der Waals surface area contributed by atoms with Crippen molar-refractivity contribution in [2.75, 3.05) is 6.61 Å². The van der Waals surface area contributed by atoms with Crippen LogP contribution in [0.1, 0.15) is 26.3 Å². The van der Waals surface area contributed by atoms with Gasteiger partial charge in [0.25, 0.3) is 0 Å². The van der Waals surface area contributed by atoms with E-state index in [1.807, 2.05) is 45.2 Å². The zero-order valence-electron chi connectivity index (χ0n) is 11.6. The van der Waals surface area contributed by atoms with Crippen LogP contribution in [0.5, 0.6) is 5.75 Å². The molecule has 1 aromatic heterocycles. The third-order valence-electron chi connectivity index (χ3n) is 2.85. The van der Waals surface area contributed by atoms with E-state index in [1.165, 1.54) is 0 Å². The molecule has 0 fully saturated rings. The Kier molecular flexibility index (Phi) is 4.10. The topological polar surface area (TPSA) is 54.1 Å². The van der Waals surface area contributed by atoms with Crippen molar-refractivity contribution in [2.24, 2.45) is 0 Å². The van der Waals surface area contributed by atoms with E-state index in [2.05, 4.69) is 10.3 Å². The van der Waals surface area contributed by atoms with E-state index in [9.17, 15) is 4.79 Å². The average molecular weight is 260 g/mol. The molecule has 1 amide bonds. The van der Waals surface area contributed by atoms with Gasteiger partial charge in [-0.05, 0) is 44.5 Å². The van der Waals surface area contributed by atoms with Gasteiger partial charge in [0.05, 0.1) is 13.0 Å². The molecule has 2 aromatic rings. The number of hydrogen-bond acceptors (Lipinski definition) is 2. The van der Waals surface area contributed by atoms with Crippen molar-refractivity contribution < 1.29 is 9.53 Å². The van der Waals surface area contributed by atoms with Crippen molar-refractivity contribution in [3.8, 4) is 5.75 Å². The van der Waals surface area contributed by atoms with Crippen LogP contribution in [0, 0.1) is 0 Å². The molecule has 1 heterocycles. The fourth-order valence-corrected chi connectivity index (χ4v) is 2.11. The minimum absolute atomic E-state index is 0.0395. The van der Waals surface area contributed by atoms with Gasteiger partial charge < -0.3 is 15.0 Å². The van der Waals surface area contributed by atoms with Crippen LogP contribution in [0.25, 0.3) is 10.9 Å². The van der Waals surface area contributed by atoms with Crippen molar-refractivity contribution in [1.82, 2.24) is 10.3 Å². The van der Waals surface area contributed by atoms with Crippen molar-refractivity contribution in [1.29, 1.82) is 0 Å². The summed E-state index contributed by atoms with van der Waals surface area (Å²) in [6, 6.07) is 6.05. The summed E-state index contributed by atoms with van der Waals surface area (Å²) in [6.45, 7) is 6.51. The lowest BCUT2D eigenvalue weighted by Crippen LogP contribution is -2.31. The SMILES string of the molecule is CCOc1ccc2[nH]cc(CC(=O)NC(C)C)c2c1. The van der Waals surface area contributed by atoms with Crippen LogP contribution in [-0.4, -0.2) is 23.5 Å². The highest BCUT2D eigenvalue weighted by Gasteiger charge is 2.10. The number of hydrogen-bond donors (Lipinski definition) is 2. The van der Waals surface area contributed by atoms with Crippen molar-refractivity contribution in [2.45, 2.75) is 33.2 Å². The fourth-order valence-electron chi connectivity index (χ4n) is 2.11. The van der Waals surface area contributed by atoms with Gasteiger partial charge in [0.15, 0.2) is 0 Å². The molecule has 4 heteroatoms. The lowest BCUT2D eigenvalue weighted by atomic mass is 10.1. The van der Waals surface area contributed by atoms with Crippen LogP contribution in [0.3, 0.4) is 0 Å². The highest BCUT2D eigenvalue weighted by Crippen LogP contribution is 2.24. The molecule has 102 valence electrons. The van der Waals surface area contributed by atoms with E-state index >= 15 is 0 Å². The van der Waals surface area contributed by atoms with Gasteiger partial charge in [-0.2, -0.15) is 0 Å². The first-order valence-corrected chi connectivity index (χ1v) is 6.62. The summed E-state index contributed by atoms with van der Waals surface area (Å²) in [7, 11) is 0. The number of benzene rings is 1. The molecule has 0 aliphatic heterocycles. The zero-order valence-corrected chi connectivity index (χ0v) is 11.6. The first-order chi connectivity index (χ1) is 9.10. The molecular weight excluding hydrogens is 240 g/mol. The first-order valence-electron chi connectivity index (χ1n) is 6.62. The fraction of sp³-hybridized carbons (Fsp3) is 0.400. The molecular formula is C15H20N2O2. The van der Waals surface area contributed by atoms with Gasteiger partial charge in [0, 0.05) is 23.1 Å². The van der Waals surface area contributed by atoms with Gasteiger partial charge in [0.1, 0.15) is 5.75 Å². The zero-order chi connectivity index (χ0) is 13.8. The Morgan fingerprint density at radius 2 is 2.21 bits per heavy atom. The van der Waals surface area contributed by atoms with E-state index in [0.29, 0.717) is 13.0 Å². The lowest BCUT2D eigenvalue weighted by molar-refractivity contribution is -0.120. The quantitative estimate of drug-likeness (QED) is 0.868. The van der Waals surface area contributed by atoms with Gasteiger partial charge >= 0.3 is 0 Å². The molecule has 1 aromatic carbocycles. The van der Waals surface area contributed by atoms with Crippen molar-refractivity contribution in [3.05, 3.63) is 30.0 Å². The monoisotopic (exact) mass is 260 g/mol. The molecule has 0 unspecified atom stereocenters. The minimum atomic E-state index is 0.0395. The maximum atomic E-state index is 11.8. The molecule has 19 heavy (non-hydrogen) atoms. The minimum Gasteiger partial charge on any atom is -0.494 e. The normalized spacial score (nSPS) is 10.9. The van der Waals surface area contributed by atoms with E-state index in [4.69, 9.17) is 4.74 Å². The smallest absolute Gasteiger partial charge is 0.224 e. The second-order valence-corrected chi connectivity index (χ2v) is 4.85. The number of carbonyl (C=O) groups is 1. The maximum absolute atomic E-state index is 11.8. The number of fused-ring (bicyclic) bond motifs is 1. The molecule has 0 radical (unpaired) electrons. The molecule has 0 spiro atoms. The van der Waals surface area contributed by atoms with E-state index in [-0.39, 0.29) is 11.9 Å². The maximum Gasteiger partial charge on any atom is 0.224 e. The van der Waals surface area contributed by atoms with Crippen LogP contribution >= 0.6 is 0 Å². The molecule has 0 atom stereocenters. The molecule has 2 rings (SSSR count). The molecule has 0 saturated carbocycles. The van der Waals surface area contributed by atoms with Gasteiger partial charge in [0.2, 0.25) is 5.91 Å². The van der Waals surface area contributed by atoms with Gasteiger partial charge in [-0.25, -0.2) is 0 Å². The second kappa shape index (κ2) is 5.78. The van der Waals surface area contributed by atoms with Crippen LogP contribution in [0.4, 0.5) is 0 Å². The predicted octanol–water partition coefficient (Wildman–Crippen LogP) is 2.63. The summed E-state index contributed by atoms with van der Waals surface area (Å²) in [6.07, 6.45) is 2.27. The summed E-state index contributed by atoms with van der Waals surface area (Å²) in [5, 5.41) is 3.95. The summed E-state index contributed by atoms with van der Waals surface area (Å²) in [4.78, 5) is 15.0. The van der Waals surface area contributed by atoms with Crippen LogP contribution < -0.4 is 10.1 Å². The molecule has 0 saturated heterocycles. The number of carbonyl (C=O) groups excluding carboxylic acids is 1. The Hall–Kier alpha value is -1.97. The third-order valence-corrected chi connectivity index (χ3v) is 2.85. The highest BCUT2D eigenvalue weighted by atomic mass is 16.5. The Morgan fingerprint density at radius 1 is 1.42 bits per heavy atom. The summed E-state index contributed by atoms with van der Waals surface area (Å²) >= 11 is 0. The standard InChI is InChI=1S/C15H20N2O2/c1-4-19-12-5-6-14-13(8-12)11(9-16-14)7-15(18)17-10(2)3/h5-6,8-10,16H,4,7H2,1-3H3,(H,17,18). The number of aromatic amines is 1. The van der Waals surface area contributed by atoms with Crippen LogP contribution in [-0.2, 0) is 11.2 Å². The average Bonchev–Trinajstić information content (AvgIpc) is 2.71. The summed E-state index contributed by atoms with van der Waals surface area (Å²) in [5.41, 5.74) is 2.02.